The van der Waals surface area contributed by atoms with Gasteiger partial charge in [0.1, 0.15) is 13.9 Å². The van der Waals surface area contributed by atoms with Gasteiger partial charge in [0.25, 0.3) is 0 Å². The van der Waals surface area contributed by atoms with Crippen molar-refractivity contribution in [3.8, 4) is 33.8 Å². The Morgan fingerprint density at radius 2 is 1.16 bits per heavy atom. The molecule has 0 atom stereocenters. The van der Waals surface area contributed by atoms with E-state index in [4.69, 9.17) is 13.8 Å². The van der Waals surface area contributed by atoms with Gasteiger partial charge >= 0.3 is 0 Å². The molecule has 5 nitrogen and oxygen atoms in total. The van der Waals surface area contributed by atoms with E-state index in [9.17, 15) is 5.48 Å². The van der Waals surface area contributed by atoms with Gasteiger partial charge in [-0.25, -0.2) is 4.98 Å². The van der Waals surface area contributed by atoms with Crippen molar-refractivity contribution in [2.24, 2.45) is 5.92 Å². The maximum atomic E-state index is 9.31. The first-order valence-corrected chi connectivity index (χ1v) is 28.7. The molecule has 0 bridgehead atoms. The van der Waals surface area contributed by atoms with Crippen LogP contribution in [-0.2, 0) is 38.3 Å². The van der Waals surface area contributed by atoms with Crippen LogP contribution in [0.2, 0.25) is 0 Å². The number of rotatable bonds is 11. The van der Waals surface area contributed by atoms with E-state index in [2.05, 4.69) is 173 Å². The smallest absolute Gasteiger partial charge is 0.135 e. The number of fused-ring (bicyclic) bond motifs is 3. The summed E-state index contributed by atoms with van der Waals surface area (Å²) in [6.45, 7) is 19.0. The number of nitrogens with zero attached hydrogens (tertiary/aromatic N) is 4. The van der Waals surface area contributed by atoms with Crippen molar-refractivity contribution in [3.63, 3.8) is 0 Å². The topological polar surface area (TPSA) is 31.8 Å². The van der Waals surface area contributed by atoms with Crippen LogP contribution in [0.15, 0.2) is 224 Å². The minimum absolute atomic E-state index is 0. The first-order chi connectivity index (χ1) is 40.6. The molecule has 0 spiro atoms. The SMILES string of the molecule is [2H]c1c([2H])c([2H])c(-c2cccc(-c3cc(C(C)(C)C)cc(C(C)(C)C)c3)c2N2[CH-]N(c3[c-]c(Oc4[c-]c5c(cc4)[Si](c4ccccc4)(c4ccccc4)c4ccccc4N5c4cc(C([2H])([2H])C(C)C)ccn4)ccc3)c3ccccc32)c([2H])c1[2H].[Pt]. The minimum Gasteiger partial charge on any atom is -0.509 e. The molecule has 2 aliphatic rings. The van der Waals surface area contributed by atoms with Crippen LogP contribution in [0.4, 0.5) is 39.9 Å². The number of ether oxygens (including phenoxy) is 1. The summed E-state index contributed by atoms with van der Waals surface area (Å²) in [6.07, 6.45) is 0.0607. The maximum Gasteiger partial charge on any atom is 0.135 e. The number of anilines is 7. The first kappa shape index (κ1) is 45.1. The van der Waals surface area contributed by atoms with Gasteiger partial charge in [-0.15, -0.1) is 47.9 Å². The van der Waals surface area contributed by atoms with E-state index in [1.807, 2.05) is 98.2 Å². The van der Waals surface area contributed by atoms with Crippen LogP contribution in [-0.4, -0.2) is 13.1 Å². The van der Waals surface area contributed by atoms with Crippen LogP contribution in [0.1, 0.15) is 81.7 Å². The second kappa shape index (κ2) is 21.5. The molecule has 10 aromatic rings. The average molecular weight is 1230 g/mol. The molecule has 9 aromatic carbocycles. The van der Waals surface area contributed by atoms with Gasteiger partial charge in [-0.3, -0.25) is 0 Å². The number of benzene rings is 9. The van der Waals surface area contributed by atoms with Crippen molar-refractivity contribution in [2.45, 2.75) is 72.6 Å². The van der Waals surface area contributed by atoms with E-state index in [-0.39, 0.29) is 55.5 Å². The van der Waals surface area contributed by atoms with Crippen molar-refractivity contribution >= 4 is 68.8 Å². The predicted molar refractivity (Wildman–Crippen MR) is 329 cm³/mol. The quantitative estimate of drug-likeness (QED) is 0.0952. The van der Waals surface area contributed by atoms with Crippen molar-refractivity contribution in [1.82, 2.24) is 4.98 Å². The van der Waals surface area contributed by atoms with E-state index >= 15 is 0 Å². The van der Waals surface area contributed by atoms with Crippen LogP contribution in [0.5, 0.6) is 11.5 Å². The standard InChI is InChI=1S/C72H65N4OSi.Pt/c1-50(2)42-51-40-41-73-69(43-51)76-65-36-20-21-37-67(65)78(59-28-14-10-15-29-59,60-30-16-11-17-31-60)68-39-38-58(48-66(68)76)77-57-27-22-26-56(47-57)74-49-75(64-35-19-18-34-63(64)74)70-61(52-24-12-9-13-25-52)32-23-33-62(70)53-44-54(71(3,4)5)46-55(45-53)72(6,7)8;/h9-41,43-46,49-50H,42H2,1-8H3;/q-3;/i9D,12D,13D,24D,25D,42D2;. The predicted octanol–water partition coefficient (Wildman–Crippen LogP) is 16.2. The monoisotopic (exact) mass is 1230 g/mol. The molecule has 2 aliphatic heterocycles. The Morgan fingerprint density at radius 3 is 1.81 bits per heavy atom. The van der Waals surface area contributed by atoms with Crippen LogP contribution < -0.4 is 40.2 Å². The van der Waals surface area contributed by atoms with Crippen molar-refractivity contribution < 1.29 is 35.4 Å². The van der Waals surface area contributed by atoms with Gasteiger partial charge in [0.2, 0.25) is 0 Å². The van der Waals surface area contributed by atoms with Crippen LogP contribution in [0, 0.1) is 24.7 Å². The van der Waals surface area contributed by atoms with Gasteiger partial charge < -0.3 is 19.4 Å². The first-order valence-electron chi connectivity index (χ1n) is 30.2. The van der Waals surface area contributed by atoms with Crippen LogP contribution >= 0.6 is 0 Å². The number of pyridine rings is 1. The second-order valence-corrected chi connectivity index (χ2v) is 26.2. The minimum atomic E-state index is -3.12. The van der Waals surface area contributed by atoms with Crippen molar-refractivity contribution in [1.29, 1.82) is 0 Å². The molecule has 3 heterocycles. The zero-order valence-electron chi connectivity index (χ0n) is 52.6. The molecule has 7 heteroatoms. The molecule has 0 N–H and O–H groups in total. The zero-order chi connectivity index (χ0) is 59.9. The summed E-state index contributed by atoms with van der Waals surface area (Å²) in [5, 5.41) is 4.62. The number of hydrogen-bond acceptors (Lipinski definition) is 5. The summed E-state index contributed by atoms with van der Waals surface area (Å²) in [5.41, 5.74) is 9.35. The molecule has 12 rings (SSSR count). The summed E-state index contributed by atoms with van der Waals surface area (Å²) in [6, 6.07) is 69.6. The molecule has 79 heavy (non-hydrogen) atoms. The fraction of sp³-hybridized carbons (Fsp3) is 0.167. The Labute approximate surface area is 493 Å². The molecule has 0 saturated carbocycles. The molecule has 396 valence electrons. The summed E-state index contributed by atoms with van der Waals surface area (Å²) < 4.78 is 70.1. The summed E-state index contributed by atoms with van der Waals surface area (Å²) in [7, 11) is -3.12. The Kier molecular flexibility index (Phi) is 12.3. The number of hydrogen-bond donors (Lipinski definition) is 0. The fourth-order valence-electron chi connectivity index (χ4n) is 11.1. The summed E-state index contributed by atoms with van der Waals surface area (Å²) >= 11 is 0. The third kappa shape index (κ3) is 9.96. The molecule has 0 unspecified atom stereocenters. The van der Waals surface area contributed by atoms with E-state index in [0.29, 0.717) is 39.8 Å². The normalized spacial score (nSPS) is 15.1. The largest absolute Gasteiger partial charge is 0.509 e. The molecular formula is C72H65N4OPtSi-3. The summed E-state index contributed by atoms with van der Waals surface area (Å²) in [5.74, 6) is 1.12. The molecular weight excluding hydrogens is 1160 g/mol. The molecule has 0 fully saturated rings. The van der Waals surface area contributed by atoms with Gasteiger partial charge in [-0.05, 0) is 86.5 Å². The van der Waals surface area contributed by atoms with Gasteiger partial charge in [-0.2, -0.15) is 12.1 Å². The average Bonchev–Trinajstić information content (AvgIpc) is 0.785. The fourth-order valence-corrected chi connectivity index (χ4v) is 16.2. The van der Waals surface area contributed by atoms with E-state index in [1.54, 1.807) is 12.3 Å². The zero-order valence-corrected chi connectivity index (χ0v) is 48.9. The van der Waals surface area contributed by atoms with Crippen LogP contribution in [0.25, 0.3) is 22.3 Å². The van der Waals surface area contributed by atoms with Crippen molar-refractivity contribution in [2.75, 3.05) is 14.7 Å². The maximum absolute atomic E-state index is 9.31. The van der Waals surface area contributed by atoms with E-state index in [0.717, 1.165) is 55.4 Å². The molecule has 0 amide bonds. The third-order valence-electron chi connectivity index (χ3n) is 14.8. The van der Waals surface area contributed by atoms with E-state index < -0.39 is 32.6 Å². The summed E-state index contributed by atoms with van der Waals surface area (Å²) in [4.78, 5) is 11.2. The Balaban J connectivity index is 0.00000768. The van der Waals surface area contributed by atoms with Crippen molar-refractivity contribution in [3.05, 3.63) is 260 Å². The Morgan fingerprint density at radius 1 is 0.582 bits per heavy atom. The van der Waals surface area contributed by atoms with Gasteiger partial charge in [0.15, 0.2) is 0 Å². The molecule has 1 aromatic heterocycles. The Bertz CT molecular complexity index is 4130. The number of aromatic nitrogens is 1. The third-order valence-corrected chi connectivity index (χ3v) is 19.6. The van der Waals surface area contributed by atoms with Gasteiger partial charge in [-0.1, -0.05) is 229 Å². The van der Waals surface area contributed by atoms with Gasteiger partial charge in [0, 0.05) is 75.4 Å². The molecule has 0 saturated heterocycles. The van der Waals surface area contributed by atoms with Crippen LogP contribution in [0.3, 0.4) is 0 Å². The Hall–Kier alpha value is -7.76. The molecule has 0 radical (unpaired) electrons. The number of para-hydroxylation sites is 4. The van der Waals surface area contributed by atoms with E-state index in [1.165, 1.54) is 10.4 Å². The molecule has 0 aliphatic carbocycles. The van der Waals surface area contributed by atoms with Gasteiger partial charge in [0.05, 0.1) is 6.85 Å². The second-order valence-electron chi connectivity index (χ2n) is 22.5.